The first kappa shape index (κ1) is 19.1. The number of carboxylic acids is 1. The van der Waals surface area contributed by atoms with Crippen LogP contribution in [0.3, 0.4) is 0 Å². The zero-order chi connectivity index (χ0) is 20.5. The van der Waals surface area contributed by atoms with Crippen molar-refractivity contribution in [1.82, 2.24) is 9.99 Å². The highest BCUT2D eigenvalue weighted by Crippen LogP contribution is 2.37. The fourth-order valence-electron chi connectivity index (χ4n) is 3.42. The molecule has 0 aliphatic carbocycles. The van der Waals surface area contributed by atoms with Crippen LogP contribution in [-0.2, 0) is 9.59 Å². The van der Waals surface area contributed by atoms with E-state index >= 15 is 0 Å². The zero-order valence-electron chi connectivity index (χ0n) is 15.6. The van der Waals surface area contributed by atoms with E-state index in [2.05, 4.69) is 10.1 Å². The van der Waals surface area contributed by atoms with Gasteiger partial charge in [-0.2, -0.15) is 5.10 Å². The number of benzene rings is 1. The van der Waals surface area contributed by atoms with Crippen LogP contribution >= 0.6 is 11.6 Å². The van der Waals surface area contributed by atoms with Gasteiger partial charge in [0, 0.05) is 23.8 Å². The Morgan fingerprint density at radius 1 is 1.28 bits per heavy atom. The Morgan fingerprint density at radius 2 is 2.10 bits per heavy atom. The summed E-state index contributed by atoms with van der Waals surface area (Å²) in [6.45, 7) is 1.99. The smallest absolute Gasteiger partial charge is 0.303 e. The van der Waals surface area contributed by atoms with E-state index in [4.69, 9.17) is 21.1 Å². The SMILES string of the molecule is Cc1ccc2nc(Cl)c([C@H]3CC(c4ccco4)=NN3C(=O)CCC(=O)O)cc2c1. The first-order chi connectivity index (χ1) is 13.9. The number of aryl methyl sites for hydroxylation is 1. The van der Waals surface area contributed by atoms with E-state index in [1.54, 1.807) is 12.1 Å². The minimum Gasteiger partial charge on any atom is -0.481 e. The van der Waals surface area contributed by atoms with Crippen LogP contribution in [0.2, 0.25) is 5.15 Å². The maximum Gasteiger partial charge on any atom is 0.303 e. The molecule has 1 amide bonds. The van der Waals surface area contributed by atoms with Crippen LogP contribution in [0.1, 0.15) is 42.2 Å². The van der Waals surface area contributed by atoms with Crippen molar-refractivity contribution in [2.75, 3.05) is 0 Å². The van der Waals surface area contributed by atoms with Gasteiger partial charge in [-0.15, -0.1) is 0 Å². The monoisotopic (exact) mass is 411 g/mol. The number of furan rings is 1. The van der Waals surface area contributed by atoms with Crippen LogP contribution < -0.4 is 0 Å². The largest absolute Gasteiger partial charge is 0.481 e. The summed E-state index contributed by atoms with van der Waals surface area (Å²) in [7, 11) is 0. The Morgan fingerprint density at radius 3 is 2.83 bits per heavy atom. The van der Waals surface area contributed by atoms with Crippen molar-refractivity contribution in [3.63, 3.8) is 0 Å². The summed E-state index contributed by atoms with van der Waals surface area (Å²) in [5.41, 5.74) is 3.11. The molecule has 3 heterocycles. The zero-order valence-corrected chi connectivity index (χ0v) is 16.4. The molecule has 1 aliphatic heterocycles. The number of aliphatic carboxylic acids is 1. The van der Waals surface area contributed by atoms with Crippen LogP contribution in [0.15, 0.2) is 52.2 Å². The maximum atomic E-state index is 12.7. The summed E-state index contributed by atoms with van der Waals surface area (Å²) in [6, 6.07) is 10.8. The maximum absolute atomic E-state index is 12.7. The number of aromatic nitrogens is 1. The molecule has 0 fully saturated rings. The van der Waals surface area contributed by atoms with Crippen molar-refractivity contribution in [2.45, 2.75) is 32.2 Å². The number of carboxylic acid groups (broad SMARTS) is 1. The van der Waals surface area contributed by atoms with Gasteiger partial charge in [0.25, 0.3) is 0 Å². The number of amides is 1. The summed E-state index contributed by atoms with van der Waals surface area (Å²) in [5, 5.41) is 15.9. The summed E-state index contributed by atoms with van der Waals surface area (Å²) >= 11 is 6.48. The summed E-state index contributed by atoms with van der Waals surface area (Å²) in [4.78, 5) is 28.1. The first-order valence-corrected chi connectivity index (χ1v) is 9.52. The number of rotatable bonds is 5. The topological polar surface area (TPSA) is 96.0 Å². The van der Waals surface area contributed by atoms with Gasteiger partial charge in [-0.05, 0) is 37.3 Å². The van der Waals surface area contributed by atoms with E-state index in [1.807, 2.05) is 31.2 Å². The van der Waals surface area contributed by atoms with Gasteiger partial charge in [0.1, 0.15) is 16.6 Å². The molecule has 0 spiro atoms. The van der Waals surface area contributed by atoms with Gasteiger partial charge >= 0.3 is 5.97 Å². The Labute approximate surface area is 171 Å². The molecule has 148 valence electrons. The second-order valence-electron chi connectivity index (χ2n) is 6.94. The summed E-state index contributed by atoms with van der Waals surface area (Å²) in [6.07, 6.45) is 1.51. The number of nitrogens with zero attached hydrogens (tertiary/aromatic N) is 3. The lowest BCUT2D eigenvalue weighted by molar-refractivity contribution is -0.141. The second kappa shape index (κ2) is 7.67. The van der Waals surface area contributed by atoms with E-state index in [9.17, 15) is 9.59 Å². The van der Waals surface area contributed by atoms with E-state index in [1.165, 1.54) is 11.3 Å². The fourth-order valence-corrected chi connectivity index (χ4v) is 3.70. The van der Waals surface area contributed by atoms with Crippen molar-refractivity contribution in [1.29, 1.82) is 0 Å². The van der Waals surface area contributed by atoms with Crippen molar-refractivity contribution < 1.29 is 19.1 Å². The van der Waals surface area contributed by atoms with Crippen LogP contribution in [0.4, 0.5) is 0 Å². The highest BCUT2D eigenvalue weighted by molar-refractivity contribution is 6.30. The van der Waals surface area contributed by atoms with Crippen molar-refractivity contribution in [3.05, 3.63) is 64.7 Å². The predicted molar refractivity (Wildman–Crippen MR) is 108 cm³/mol. The van der Waals surface area contributed by atoms with E-state index in [0.29, 0.717) is 28.6 Å². The first-order valence-electron chi connectivity index (χ1n) is 9.14. The normalized spacial score (nSPS) is 16.3. The molecular weight excluding hydrogens is 394 g/mol. The molecule has 0 saturated heterocycles. The lowest BCUT2D eigenvalue weighted by Crippen LogP contribution is -2.27. The number of hydrazone groups is 1. The van der Waals surface area contributed by atoms with Crippen molar-refractivity contribution in [2.24, 2.45) is 5.10 Å². The molecule has 29 heavy (non-hydrogen) atoms. The van der Waals surface area contributed by atoms with Crippen molar-refractivity contribution >= 4 is 40.1 Å². The standard InChI is InChI=1S/C21H18ClN3O4/c1-12-4-5-15-13(9-12)10-14(21(22)23-15)17-11-16(18-3-2-8-29-18)24-25(17)19(26)6-7-20(27)28/h2-5,8-10,17H,6-7,11H2,1H3,(H,27,28)/t17-/m1/s1. The second-order valence-corrected chi connectivity index (χ2v) is 7.30. The molecule has 1 atom stereocenters. The quantitative estimate of drug-likeness (QED) is 0.630. The Kier molecular flexibility index (Phi) is 5.07. The van der Waals surface area contributed by atoms with Crippen LogP contribution in [0.25, 0.3) is 10.9 Å². The Bertz CT molecular complexity index is 1120. The minimum absolute atomic E-state index is 0.154. The number of pyridine rings is 1. The van der Waals surface area contributed by atoms with Crippen LogP contribution in [-0.4, -0.2) is 32.7 Å². The molecule has 0 unspecified atom stereocenters. The van der Waals surface area contributed by atoms with Gasteiger partial charge in [0.2, 0.25) is 5.91 Å². The predicted octanol–water partition coefficient (Wildman–Crippen LogP) is 4.33. The van der Waals surface area contributed by atoms with Crippen LogP contribution in [0.5, 0.6) is 0 Å². The highest BCUT2D eigenvalue weighted by Gasteiger charge is 2.35. The van der Waals surface area contributed by atoms with Gasteiger partial charge in [0.15, 0.2) is 0 Å². The third kappa shape index (κ3) is 3.86. The van der Waals surface area contributed by atoms with E-state index < -0.39 is 12.0 Å². The lowest BCUT2D eigenvalue weighted by atomic mass is 10.00. The molecule has 1 aliphatic rings. The number of hydrogen-bond acceptors (Lipinski definition) is 5. The average Bonchev–Trinajstić information content (AvgIpc) is 3.35. The molecule has 4 rings (SSSR count). The molecule has 0 bridgehead atoms. The number of fused-ring (bicyclic) bond motifs is 1. The third-order valence-electron chi connectivity index (χ3n) is 4.83. The van der Waals surface area contributed by atoms with Gasteiger partial charge in [-0.3, -0.25) is 9.59 Å². The Hall–Kier alpha value is -3.19. The molecule has 0 radical (unpaired) electrons. The fraction of sp³-hybridized carbons (Fsp3) is 0.238. The molecule has 1 aromatic carbocycles. The summed E-state index contributed by atoms with van der Waals surface area (Å²) in [5.74, 6) is -0.867. The van der Waals surface area contributed by atoms with Gasteiger partial charge in [-0.1, -0.05) is 23.2 Å². The average molecular weight is 412 g/mol. The molecule has 3 aromatic rings. The van der Waals surface area contributed by atoms with Gasteiger partial charge < -0.3 is 9.52 Å². The number of carbonyl (C=O) groups is 2. The molecule has 0 saturated carbocycles. The molecule has 7 nitrogen and oxygen atoms in total. The lowest BCUT2D eigenvalue weighted by Gasteiger charge is -2.22. The van der Waals surface area contributed by atoms with Crippen LogP contribution in [0, 0.1) is 6.92 Å². The molecular formula is C21H18ClN3O4. The Balaban J connectivity index is 1.74. The van der Waals surface area contributed by atoms with Gasteiger partial charge in [0.05, 0.1) is 24.2 Å². The minimum atomic E-state index is -1.04. The third-order valence-corrected chi connectivity index (χ3v) is 5.14. The number of halogens is 1. The van der Waals surface area contributed by atoms with E-state index in [-0.39, 0.29) is 18.7 Å². The molecule has 2 aromatic heterocycles. The number of hydrogen-bond donors (Lipinski definition) is 1. The molecule has 1 N–H and O–H groups in total. The van der Waals surface area contributed by atoms with Crippen molar-refractivity contribution in [3.8, 4) is 0 Å². The van der Waals surface area contributed by atoms with Gasteiger partial charge in [-0.25, -0.2) is 9.99 Å². The number of carbonyl (C=O) groups excluding carboxylic acids is 1. The van der Waals surface area contributed by atoms with E-state index in [0.717, 1.165) is 16.5 Å². The molecule has 8 heteroatoms. The highest BCUT2D eigenvalue weighted by atomic mass is 35.5. The summed E-state index contributed by atoms with van der Waals surface area (Å²) < 4.78 is 5.43.